The molecule has 1 aromatic rings. The van der Waals surface area contributed by atoms with E-state index in [4.69, 9.17) is 26.6 Å². The van der Waals surface area contributed by atoms with Crippen LogP contribution in [0.4, 0.5) is 0 Å². The number of carboxylic acid groups (broad SMARTS) is 2. The molecule has 0 unspecified atom stereocenters. The number of carbonyl (C=O) groups is 2. The fourth-order valence-electron chi connectivity index (χ4n) is 0.531. The van der Waals surface area contributed by atoms with E-state index in [-0.39, 0.29) is 18.8 Å². The largest absolute Gasteiger partial charge is 0.481 e. The molecule has 0 spiro atoms. The highest BCUT2D eigenvalue weighted by Crippen LogP contribution is 1.89. The Hall–Kier alpha value is -1.33. The third-order valence-corrected chi connectivity index (χ3v) is 1.36. The number of carboxylic acids is 2. The third kappa shape index (κ3) is 36.5. The van der Waals surface area contributed by atoms with Crippen LogP contribution in [0.1, 0.15) is 19.8 Å². The van der Waals surface area contributed by atoms with E-state index in [1.807, 2.05) is 18.2 Å². The van der Waals surface area contributed by atoms with Crippen LogP contribution in [-0.4, -0.2) is 33.0 Å². The molecule has 1 heterocycles. The standard InChI is InChI=1S/C5H5N.C4H7ClO2.C2H4O2.ClH/c1-2-4-6-5-3-1;5-3-1-2-4(6)7;1-2(3)4;/h1-5H;1-3H2,(H,6,7);1H3,(H,3,4);1H. The van der Waals surface area contributed by atoms with Crippen molar-refractivity contribution in [1.29, 1.82) is 0 Å². The molecule has 0 aromatic carbocycles. The zero-order valence-corrected chi connectivity index (χ0v) is 11.5. The molecule has 0 radical (unpaired) electrons. The van der Waals surface area contributed by atoms with E-state index in [1.54, 1.807) is 12.4 Å². The van der Waals surface area contributed by atoms with Crippen molar-refractivity contribution < 1.29 is 19.8 Å². The van der Waals surface area contributed by atoms with Gasteiger partial charge in [-0.15, -0.1) is 24.0 Å². The summed E-state index contributed by atoms with van der Waals surface area (Å²) in [5.74, 6) is -1.17. The first kappa shape index (κ1) is 21.9. The number of aliphatic carboxylic acids is 2. The molecule has 0 aliphatic carbocycles. The maximum atomic E-state index is 9.70. The van der Waals surface area contributed by atoms with Gasteiger partial charge < -0.3 is 10.2 Å². The van der Waals surface area contributed by atoms with Gasteiger partial charge in [-0.05, 0) is 18.6 Å². The Morgan fingerprint density at radius 3 is 1.72 bits per heavy atom. The Balaban J connectivity index is -0.000000189. The molecule has 7 heteroatoms. The fourth-order valence-corrected chi connectivity index (χ4v) is 0.664. The number of nitrogens with zero attached hydrogens (tertiary/aromatic N) is 1. The molecular weight excluding hydrogens is 281 g/mol. The van der Waals surface area contributed by atoms with Crippen LogP contribution in [0.5, 0.6) is 0 Å². The van der Waals surface area contributed by atoms with E-state index < -0.39 is 11.9 Å². The van der Waals surface area contributed by atoms with Gasteiger partial charge in [0.25, 0.3) is 5.97 Å². The monoisotopic (exact) mass is 297 g/mol. The van der Waals surface area contributed by atoms with E-state index in [0.29, 0.717) is 12.3 Å². The lowest BCUT2D eigenvalue weighted by molar-refractivity contribution is -0.137. The first-order valence-electron chi connectivity index (χ1n) is 4.83. The molecule has 0 atom stereocenters. The van der Waals surface area contributed by atoms with Crippen molar-refractivity contribution in [2.24, 2.45) is 0 Å². The summed E-state index contributed by atoms with van der Waals surface area (Å²) in [6.45, 7) is 1.08. The zero-order chi connectivity index (χ0) is 13.5. The summed E-state index contributed by atoms with van der Waals surface area (Å²) < 4.78 is 0. The first-order chi connectivity index (χ1) is 8.00. The molecular formula is C11H17Cl2NO4. The second kappa shape index (κ2) is 18.0. The highest BCUT2D eigenvalue weighted by molar-refractivity contribution is 6.17. The van der Waals surface area contributed by atoms with E-state index in [2.05, 4.69) is 4.98 Å². The van der Waals surface area contributed by atoms with Crippen LogP contribution >= 0.6 is 24.0 Å². The number of pyridine rings is 1. The quantitative estimate of drug-likeness (QED) is 0.838. The predicted molar refractivity (Wildman–Crippen MR) is 72.4 cm³/mol. The minimum absolute atomic E-state index is 0. The minimum Gasteiger partial charge on any atom is -0.481 e. The Labute approximate surface area is 117 Å². The molecule has 0 amide bonds. The van der Waals surface area contributed by atoms with Crippen LogP contribution in [0.25, 0.3) is 0 Å². The number of hydrogen-bond acceptors (Lipinski definition) is 3. The summed E-state index contributed by atoms with van der Waals surface area (Å²) in [5.41, 5.74) is 0. The van der Waals surface area contributed by atoms with Gasteiger partial charge in [-0.3, -0.25) is 14.6 Å². The van der Waals surface area contributed by atoms with Crippen LogP contribution in [0.3, 0.4) is 0 Å². The molecule has 5 nitrogen and oxygen atoms in total. The summed E-state index contributed by atoms with van der Waals surface area (Å²) in [6.07, 6.45) is 4.25. The van der Waals surface area contributed by atoms with Gasteiger partial charge in [0.1, 0.15) is 0 Å². The number of rotatable bonds is 3. The molecule has 18 heavy (non-hydrogen) atoms. The average molecular weight is 298 g/mol. The van der Waals surface area contributed by atoms with E-state index >= 15 is 0 Å². The van der Waals surface area contributed by atoms with Gasteiger partial charge in [0.15, 0.2) is 0 Å². The summed E-state index contributed by atoms with van der Waals surface area (Å²) in [5, 5.41) is 15.4. The molecule has 0 aliphatic rings. The predicted octanol–water partition coefficient (Wildman–Crippen LogP) is 2.68. The van der Waals surface area contributed by atoms with Crippen molar-refractivity contribution in [3.8, 4) is 0 Å². The van der Waals surface area contributed by atoms with Crippen molar-refractivity contribution in [2.45, 2.75) is 19.8 Å². The second-order valence-corrected chi connectivity index (χ2v) is 3.11. The smallest absolute Gasteiger partial charge is 0.303 e. The van der Waals surface area contributed by atoms with Gasteiger partial charge in [0.05, 0.1) is 0 Å². The Morgan fingerprint density at radius 1 is 1.17 bits per heavy atom. The Bertz CT molecular complexity index is 266. The van der Waals surface area contributed by atoms with Crippen molar-refractivity contribution in [3.63, 3.8) is 0 Å². The molecule has 1 rings (SSSR count). The van der Waals surface area contributed by atoms with Gasteiger partial charge in [0.2, 0.25) is 0 Å². The lowest BCUT2D eigenvalue weighted by Gasteiger charge is -1.84. The van der Waals surface area contributed by atoms with Gasteiger partial charge >= 0.3 is 5.97 Å². The number of hydrogen-bond donors (Lipinski definition) is 2. The lowest BCUT2D eigenvalue weighted by atomic mass is 10.3. The van der Waals surface area contributed by atoms with Crippen LogP contribution in [0.2, 0.25) is 0 Å². The van der Waals surface area contributed by atoms with E-state index in [9.17, 15) is 4.79 Å². The van der Waals surface area contributed by atoms with Gasteiger partial charge in [0, 0.05) is 31.6 Å². The van der Waals surface area contributed by atoms with Gasteiger partial charge in [-0.25, -0.2) is 0 Å². The van der Waals surface area contributed by atoms with Crippen LogP contribution in [-0.2, 0) is 9.59 Å². The Kier molecular flexibility index (Phi) is 22.0. The third-order valence-electron chi connectivity index (χ3n) is 1.09. The molecule has 0 fully saturated rings. The van der Waals surface area contributed by atoms with E-state index in [0.717, 1.165) is 6.92 Å². The normalized spacial score (nSPS) is 7.44. The number of aromatic nitrogens is 1. The summed E-state index contributed by atoms with van der Waals surface area (Å²) in [6, 6.07) is 5.72. The lowest BCUT2D eigenvalue weighted by Crippen LogP contribution is -1.93. The number of alkyl halides is 1. The van der Waals surface area contributed by atoms with Crippen molar-refractivity contribution in [3.05, 3.63) is 30.6 Å². The topological polar surface area (TPSA) is 87.5 Å². The average Bonchev–Trinajstić information content (AvgIpc) is 2.29. The summed E-state index contributed by atoms with van der Waals surface area (Å²) >= 11 is 5.18. The maximum absolute atomic E-state index is 9.70. The van der Waals surface area contributed by atoms with Gasteiger partial charge in [-0.2, -0.15) is 0 Å². The fraction of sp³-hybridized carbons (Fsp3) is 0.364. The van der Waals surface area contributed by atoms with Crippen molar-refractivity contribution >= 4 is 35.9 Å². The second-order valence-electron chi connectivity index (χ2n) is 2.73. The molecule has 2 N–H and O–H groups in total. The highest BCUT2D eigenvalue weighted by atomic mass is 35.5. The molecule has 104 valence electrons. The summed E-state index contributed by atoms with van der Waals surface area (Å²) in [7, 11) is 0. The SMILES string of the molecule is CC(=O)O.Cl.O=C(O)CCCCl.c1ccncc1. The van der Waals surface area contributed by atoms with Crippen molar-refractivity contribution in [2.75, 3.05) is 5.88 Å². The summed E-state index contributed by atoms with van der Waals surface area (Å²) in [4.78, 5) is 22.5. The zero-order valence-electron chi connectivity index (χ0n) is 9.95. The number of halogens is 2. The van der Waals surface area contributed by atoms with Crippen molar-refractivity contribution in [1.82, 2.24) is 4.98 Å². The molecule has 1 aromatic heterocycles. The molecule has 0 saturated heterocycles. The molecule has 0 saturated carbocycles. The highest BCUT2D eigenvalue weighted by Gasteiger charge is 1.91. The molecule has 0 aliphatic heterocycles. The molecule has 0 bridgehead atoms. The Morgan fingerprint density at radius 2 is 1.61 bits per heavy atom. The van der Waals surface area contributed by atoms with Crippen LogP contribution in [0, 0.1) is 0 Å². The van der Waals surface area contributed by atoms with E-state index in [1.165, 1.54) is 0 Å². The first-order valence-corrected chi connectivity index (χ1v) is 5.36. The minimum atomic E-state index is -0.833. The maximum Gasteiger partial charge on any atom is 0.303 e. The van der Waals surface area contributed by atoms with Crippen LogP contribution in [0.15, 0.2) is 30.6 Å². The van der Waals surface area contributed by atoms with Gasteiger partial charge in [-0.1, -0.05) is 6.07 Å². The van der Waals surface area contributed by atoms with Crippen LogP contribution < -0.4 is 0 Å².